The number of benzene rings is 2. The Bertz CT molecular complexity index is 886. The summed E-state index contributed by atoms with van der Waals surface area (Å²) < 4.78 is 26.9. The molecule has 0 amide bonds. The monoisotopic (exact) mass is 466 g/mol. The Morgan fingerprint density at radius 2 is 1.26 bits per heavy atom. The van der Waals surface area contributed by atoms with Gasteiger partial charge in [0.2, 0.25) is 0 Å². The first kappa shape index (κ1) is 25.4. The van der Waals surface area contributed by atoms with Crippen LogP contribution < -0.4 is 0 Å². The van der Waals surface area contributed by atoms with Gasteiger partial charge in [0.25, 0.3) is 0 Å². The van der Waals surface area contributed by atoms with Crippen LogP contribution in [0.15, 0.2) is 42.5 Å². The lowest BCUT2D eigenvalue weighted by Crippen LogP contribution is -2.29. The Morgan fingerprint density at radius 1 is 0.706 bits per heavy atom. The lowest BCUT2D eigenvalue weighted by molar-refractivity contribution is 0.118. The van der Waals surface area contributed by atoms with Gasteiger partial charge in [0.1, 0.15) is 0 Å². The molecule has 34 heavy (non-hydrogen) atoms. The first-order chi connectivity index (χ1) is 16.5. The molecule has 186 valence electrons. The minimum Gasteiger partial charge on any atom is -0.204 e. The summed E-state index contributed by atoms with van der Waals surface area (Å²) in [6.07, 6.45) is 15.6. The number of hydrogen-bond donors (Lipinski definition) is 0. The molecule has 2 unspecified atom stereocenters. The predicted molar refractivity (Wildman–Crippen MR) is 140 cm³/mol. The Balaban J connectivity index is 1.27. The molecular formula is C32H44F2. The third-order valence-corrected chi connectivity index (χ3v) is 9.56. The van der Waals surface area contributed by atoms with Gasteiger partial charge < -0.3 is 0 Å². The molecule has 0 radical (unpaired) electrons. The predicted octanol–water partition coefficient (Wildman–Crippen LogP) is 10.2. The van der Waals surface area contributed by atoms with Crippen LogP contribution >= 0.6 is 0 Å². The zero-order chi connectivity index (χ0) is 24.1. The van der Waals surface area contributed by atoms with Gasteiger partial charge in [-0.05, 0) is 103 Å². The fourth-order valence-electron chi connectivity index (χ4n) is 6.98. The lowest BCUT2D eigenvalue weighted by atomic mass is 9.65. The van der Waals surface area contributed by atoms with E-state index in [-0.39, 0.29) is 0 Å². The first-order valence-corrected chi connectivity index (χ1v) is 14.0. The van der Waals surface area contributed by atoms with Crippen LogP contribution in [0.4, 0.5) is 8.78 Å². The second kappa shape index (κ2) is 11.8. The van der Waals surface area contributed by atoms with E-state index in [4.69, 9.17) is 0 Å². The molecule has 0 saturated heterocycles. The van der Waals surface area contributed by atoms with Gasteiger partial charge in [0, 0.05) is 0 Å². The highest BCUT2D eigenvalue weighted by Crippen LogP contribution is 2.45. The Kier molecular flexibility index (Phi) is 8.83. The van der Waals surface area contributed by atoms with Gasteiger partial charge in [-0.25, -0.2) is 8.78 Å². The highest BCUT2D eigenvalue weighted by atomic mass is 19.2. The third-order valence-electron chi connectivity index (χ3n) is 9.56. The molecule has 2 heteroatoms. The molecule has 2 saturated carbocycles. The summed E-state index contributed by atoms with van der Waals surface area (Å²) in [6, 6.07) is 12.6. The molecule has 2 aliphatic carbocycles. The SMILES string of the molecule is CCCCC1CCC(C(C)C2CCC(C(C)c3ccc(-c4ccc(F)c(F)c4)cc3)CC2)CC1. The van der Waals surface area contributed by atoms with E-state index >= 15 is 0 Å². The molecule has 2 atom stereocenters. The van der Waals surface area contributed by atoms with Crippen LogP contribution in [0.3, 0.4) is 0 Å². The van der Waals surface area contributed by atoms with Crippen molar-refractivity contribution in [1.29, 1.82) is 0 Å². The standard InChI is InChI=1S/C32H44F2/c1-4-5-6-24-7-9-25(10-8-24)22(2)26-11-13-27(14-12-26)23(3)28-15-17-29(18-16-28)30-19-20-31(33)32(34)21-30/h15-27H,4-14H2,1-3H3. The van der Waals surface area contributed by atoms with E-state index in [1.54, 1.807) is 6.07 Å². The molecule has 2 aromatic rings. The molecule has 0 spiro atoms. The molecule has 2 fully saturated rings. The average molecular weight is 467 g/mol. The molecule has 0 aromatic heterocycles. The summed E-state index contributed by atoms with van der Waals surface area (Å²) in [5.41, 5.74) is 3.04. The second-order valence-corrected chi connectivity index (χ2v) is 11.5. The van der Waals surface area contributed by atoms with E-state index in [2.05, 4.69) is 45.0 Å². The summed E-state index contributed by atoms with van der Waals surface area (Å²) in [7, 11) is 0. The quantitative estimate of drug-likeness (QED) is 0.363. The van der Waals surface area contributed by atoms with Crippen molar-refractivity contribution >= 4 is 0 Å². The van der Waals surface area contributed by atoms with Gasteiger partial charge >= 0.3 is 0 Å². The van der Waals surface area contributed by atoms with E-state index in [0.29, 0.717) is 5.92 Å². The van der Waals surface area contributed by atoms with Crippen LogP contribution in [0.5, 0.6) is 0 Å². The minimum absolute atomic E-state index is 0.546. The van der Waals surface area contributed by atoms with Gasteiger partial charge in [-0.15, -0.1) is 0 Å². The first-order valence-electron chi connectivity index (χ1n) is 14.0. The highest BCUT2D eigenvalue weighted by molar-refractivity contribution is 5.63. The van der Waals surface area contributed by atoms with Crippen molar-refractivity contribution in [3.8, 4) is 11.1 Å². The van der Waals surface area contributed by atoms with Gasteiger partial charge in [0.05, 0.1) is 0 Å². The van der Waals surface area contributed by atoms with Crippen molar-refractivity contribution in [1.82, 2.24) is 0 Å². The summed E-state index contributed by atoms with van der Waals surface area (Å²) in [5, 5.41) is 0. The molecule has 0 aliphatic heterocycles. The van der Waals surface area contributed by atoms with E-state index in [1.165, 1.54) is 88.3 Å². The molecule has 0 N–H and O–H groups in total. The van der Waals surface area contributed by atoms with Gasteiger partial charge in [0.15, 0.2) is 11.6 Å². The summed E-state index contributed by atoms with van der Waals surface area (Å²) in [4.78, 5) is 0. The maximum Gasteiger partial charge on any atom is 0.159 e. The van der Waals surface area contributed by atoms with Crippen molar-refractivity contribution in [2.24, 2.45) is 29.6 Å². The van der Waals surface area contributed by atoms with Crippen molar-refractivity contribution in [3.63, 3.8) is 0 Å². The van der Waals surface area contributed by atoms with Crippen LogP contribution in [0.25, 0.3) is 11.1 Å². The summed E-state index contributed by atoms with van der Waals surface area (Å²) >= 11 is 0. The Morgan fingerprint density at radius 3 is 1.85 bits per heavy atom. The van der Waals surface area contributed by atoms with Crippen molar-refractivity contribution in [3.05, 3.63) is 59.7 Å². The van der Waals surface area contributed by atoms with Crippen LogP contribution in [0.2, 0.25) is 0 Å². The normalized spacial score (nSPS) is 27.3. The number of hydrogen-bond acceptors (Lipinski definition) is 0. The Labute approximate surface area is 206 Å². The summed E-state index contributed by atoms with van der Waals surface area (Å²) in [5.74, 6) is 3.49. The molecule has 4 rings (SSSR count). The van der Waals surface area contributed by atoms with E-state index in [1.807, 2.05) is 0 Å². The molecule has 0 nitrogen and oxygen atoms in total. The number of unbranched alkanes of at least 4 members (excludes halogenated alkanes) is 1. The maximum absolute atomic E-state index is 13.6. The maximum atomic E-state index is 13.6. The Hall–Kier alpha value is -1.70. The molecule has 0 bridgehead atoms. The number of rotatable bonds is 8. The smallest absolute Gasteiger partial charge is 0.159 e. The summed E-state index contributed by atoms with van der Waals surface area (Å²) in [6.45, 7) is 7.25. The van der Waals surface area contributed by atoms with Crippen LogP contribution in [-0.2, 0) is 0 Å². The molecule has 2 aliphatic rings. The van der Waals surface area contributed by atoms with E-state index in [9.17, 15) is 8.78 Å². The highest BCUT2D eigenvalue weighted by Gasteiger charge is 2.33. The second-order valence-electron chi connectivity index (χ2n) is 11.5. The number of halogens is 2. The van der Waals surface area contributed by atoms with E-state index < -0.39 is 11.6 Å². The zero-order valence-electron chi connectivity index (χ0n) is 21.5. The zero-order valence-corrected chi connectivity index (χ0v) is 21.5. The third kappa shape index (κ3) is 6.10. The molecule has 2 aromatic carbocycles. The lowest BCUT2D eigenvalue weighted by Gasteiger charge is -2.40. The van der Waals surface area contributed by atoms with Gasteiger partial charge in [-0.3, -0.25) is 0 Å². The van der Waals surface area contributed by atoms with E-state index in [0.717, 1.165) is 40.7 Å². The topological polar surface area (TPSA) is 0 Å². The van der Waals surface area contributed by atoms with Crippen LogP contribution in [0.1, 0.15) is 103 Å². The van der Waals surface area contributed by atoms with Gasteiger partial charge in [-0.1, -0.05) is 83.2 Å². The van der Waals surface area contributed by atoms with Gasteiger partial charge in [-0.2, -0.15) is 0 Å². The van der Waals surface area contributed by atoms with Crippen molar-refractivity contribution in [2.45, 2.75) is 97.3 Å². The average Bonchev–Trinajstić information content (AvgIpc) is 2.89. The largest absolute Gasteiger partial charge is 0.204 e. The van der Waals surface area contributed by atoms with Crippen molar-refractivity contribution < 1.29 is 8.78 Å². The fraction of sp³-hybridized carbons (Fsp3) is 0.625. The van der Waals surface area contributed by atoms with Crippen LogP contribution in [-0.4, -0.2) is 0 Å². The van der Waals surface area contributed by atoms with Crippen LogP contribution in [0, 0.1) is 41.2 Å². The molecule has 0 heterocycles. The van der Waals surface area contributed by atoms with Crippen molar-refractivity contribution in [2.75, 3.05) is 0 Å². The molecular weight excluding hydrogens is 422 g/mol. The minimum atomic E-state index is -0.793. The fourth-order valence-corrected chi connectivity index (χ4v) is 6.98.